The van der Waals surface area contributed by atoms with E-state index in [1.807, 2.05) is 18.2 Å². The Balaban J connectivity index is 2.24. The van der Waals surface area contributed by atoms with Gasteiger partial charge in [0.1, 0.15) is 0 Å². The first-order chi connectivity index (χ1) is 8.18. The van der Waals surface area contributed by atoms with E-state index in [9.17, 15) is 4.79 Å². The van der Waals surface area contributed by atoms with E-state index in [1.54, 1.807) is 24.5 Å². The van der Waals surface area contributed by atoms with E-state index in [2.05, 4.69) is 20.9 Å². The largest absolute Gasteiger partial charge is 0.294 e. The number of carbonyl (C=O) groups excluding carboxylic acids is 1. The monoisotopic (exact) mass is 309 g/mol. The molecule has 0 spiro atoms. The van der Waals surface area contributed by atoms with Gasteiger partial charge in [0, 0.05) is 28.9 Å². The number of pyridine rings is 1. The molecule has 1 aromatic carbocycles. The van der Waals surface area contributed by atoms with Crippen LogP contribution in [0.15, 0.2) is 47.2 Å². The Morgan fingerprint density at radius 1 is 1.29 bits per heavy atom. The molecule has 0 aliphatic carbocycles. The number of ketones is 1. The van der Waals surface area contributed by atoms with Crippen LogP contribution in [0.5, 0.6) is 0 Å². The standard InChI is InChI=1S/C13H9BrClNO/c14-11-4-2-1-3-10(11)13(17)7-9-5-6-16-8-12(9)15/h1-6,8H,7H2. The van der Waals surface area contributed by atoms with E-state index in [1.165, 1.54) is 0 Å². The van der Waals surface area contributed by atoms with Crippen molar-refractivity contribution in [3.8, 4) is 0 Å². The van der Waals surface area contributed by atoms with Crippen LogP contribution in [0, 0.1) is 0 Å². The zero-order valence-corrected chi connectivity index (χ0v) is 11.2. The SMILES string of the molecule is O=C(Cc1ccncc1Cl)c1ccccc1Br. The average Bonchev–Trinajstić information content (AvgIpc) is 2.32. The van der Waals surface area contributed by atoms with Gasteiger partial charge >= 0.3 is 0 Å². The minimum Gasteiger partial charge on any atom is -0.294 e. The van der Waals surface area contributed by atoms with Gasteiger partial charge in [-0.05, 0) is 17.7 Å². The second kappa shape index (κ2) is 5.43. The summed E-state index contributed by atoms with van der Waals surface area (Å²) in [4.78, 5) is 16.0. The molecule has 0 amide bonds. The lowest BCUT2D eigenvalue weighted by Crippen LogP contribution is -2.04. The minimum atomic E-state index is 0.0329. The van der Waals surface area contributed by atoms with Crippen molar-refractivity contribution in [2.45, 2.75) is 6.42 Å². The van der Waals surface area contributed by atoms with E-state index in [0.29, 0.717) is 10.6 Å². The van der Waals surface area contributed by atoms with Gasteiger partial charge in [-0.15, -0.1) is 0 Å². The van der Waals surface area contributed by atoms with Gasteiger partial charge in [0.05, 0.1) is 5.02 Å². The summed E-state index contributed by atoms with van der Waals surface area (Å²) in [5.74, 6) is 0.0329. The molecule has 0 radical (unpaired) electrons. The number of rotatable bonds is 3. The number of halogens is 2. The second-order valence-corrected chi connectivity index (χ2v) is 4.81. The van der Waals surface area contributed by atoms with Gasteiger partial charge in [0.25, 0.3) is 0 Å². The maximum Gasteiger partial charge on any atom is 0.168 e. The number of Topliss-reactive ketones (excluding diaryl/α,β-unsaturated/α-hetero) is 1. The summed E-state index contributed by atoms with van der Waals surface area (Å²) in [6, 6.07) is 9.12. The molecule has 2 nitrogen and oxygen atoms in total. The summed E-state index contributed by atoms with van der Waals surface area (Å²) in [5, 5.41) is 0.521. The Morgan fingerprint density at radius 3 is 2.76 bits per heavy atom. The molecule has 2 aromatic rings. The van der Waals surface area contributed by atoms with Gasteiger partial charge in [-0.25, -0.2) is 0 Å². The highest BCUT2D eigenvalue weighted by Crippen LogP contribution is 2.20. The normalized spacial score (nSPS) is 10.2. The van der Waals surface area contributed by atoms with Crippen molar-refractivity contribution in [1.29, 1.82) is 0 Å². The highest BCUT2D eigenvalue weighted by molar-refractivity contribution is 9.10. The van der Waals surface area contributed by atoms with Crippen molar-refractivity contribution in [2.24, 2.45) is 0 Å². The van der Waals surface area contributed by atoms with Crippen LogP contribution in [0.2, 0.25) is 5.02 Å². The topological polar surface area (TPSA) is 30.0 Å². The fourth-order valence-electron chi connectivity index (χ4n) is 1.50. The molecule has 1 heterocycles. The van der Waals surface area contributed by atoms with Crippen LogP contribution in [0.25, 0.3) is 0 Å². The van der Waals surface area contributed by atoms with Gasteiger partial charge in [0.15, 0.2) is 5.78 Å². The molecular weight excluding hydrogens is 302 g/mol. The smallest absolute Gasteiger partial charge is 0.168 e. The summed E-state index contributed by atoms with van der Waals surface area (Å²) < 4.78 is 0.801. The first-order valence-electron chi connectivity index (χ1n) is 5.04. The average molecular weight is 311 g/mol. The fraction of sp³-hybridized carbons (Fsp3) is 0.0769. The Kier molecular flexibility index (Phi) is 3.92. The van der Waals surface area contributed by atoms with Crippen molar-refractivity contribution >= 4 is 33.3 Å². The van der Waals surface area contributed by atoms with Crippen molar-refractivity contribution in [3.05, 3.63) is 63.3 Å². The molecule has 0 bridgehead atoms. The Bertz CT molecular complexity index is 557. The first-order valence-corrected chi connectivity index (χ1v) is 6.21. The zero-order chi connectivity index (χ0) is 12.3. The maximum atomic E-state index is 12.1. The van der Waals surface area contributed by atoms with Crippen LogP contribution in [0.1, 0.15) is 15.9 Å². The van der Waals surface area contributed by atoms with Crippen molar-refractivity contribution < 1.29 is 4.79 Å². The third kappa shape index (κ3) is 2.93. The molecule has 0 fully saturated rings. The summed E-state index contributed by atoms with van der Waals surface area (Å²) in [6.07, 6.45) is 3.46. The highest BCUT2D eigenvalue weighted by atomic mass is 79.9. The quantitative estimate of drug-likeness (QED) is 0.804. The number of aromatic nitrogens is 1. The number of hydrogen-bond donors (Lipinski definition) is 0. The molecular formula is C13H9BrClNO. The number of hydrogen-bond acceptors (Lipinski definition) is 2. The van der Waals surface area contributed by atoms with E-state index in [0.717, 1.165) is 10.0 Å². The maximum absolute atomic E-state index is 12.1. The Hall–Kier alpha value is -1.19. The third-order valence-corrected chi connectivity index (χ3v) is 3.41. The Morgan fingerprint density at radius 2 is 2.06 bits per heavy atom. The van der Waals surface area contributed by atoms with E-state index >= 15 is 0 Å². The van der Waals surface area contributed by atoms with Gasteiger partial charge < -0.3 is 0 Å². The Labute approximate surface area is 113 Å². The third-order valence-electron chi connectivity index (χ3n) is 2.38. The summed E-state index contributed by atoms with van der Waals surface area (Å²) in [7, 11) is 0. The predicted octanol–water partition coefficient (Wildman–Crippen LogP) is 3.92. The molecule has 86 valence electrons. The van der Waals surface area contributed by atoms with Crippen molar-refractivity contribution in [3.63, 3.8) is 0 Å². The van der Waals surface area contributed by atoms with Crippen LogP contribution in [0.4, 0.5) is 0 Å². The van der Waals surface area contributed by atoms with Crippen molar-refractivity contribution in [2.75, 3.05) is 0 Å². The highest BCUT2D eigenvalue weighted by Gasteiger charge is 2.11. The fourth-order valence-corrected chi connectivity index (χ4v) is 2.19. The summed E-state index contributed by atoms with van der Waals surface area (Å²) in [5.41, 5.74) is 1.46. The summed E-state index contributed by atoms with van der Waals surface area (Å²) >= 11 is 9.33. The van der Waals surface area contributed by atoms with Crippen LogP contribution in [-0.4, -0.2) is 10.8 Å². The van der Waals surface area contributed by atoms with Gasteiger partial charge in [-0.2, -0.15) is 0 Å². The number of benzene rings is 1. The van der Waals surface area contributed by atoms with E-state index in [-0.39, 0.29) is 12.2 Å². The number of carbonyl (C=O) groups is 1. The molecule has 17 heavy (non-hydrogen) atoms. The molecule has 0 aliphatic heterocycles. The van der Waals surface area contributed by atoms with Crippen LogP contribution < -0.4 is 0 Å². The number of nitrogens with zero attached hydrogens (tertiary/aromatic N) is 1. The van der Waals surface area contributed by atoms with Gasteiger partial charge in [-0.3, -0.25) is 9.78 Å². The first kappa shape index (κ1) is 12.3. The molecule has 0 N–H and O–H groups in total. The lowest BCUT2D eigenvalue weighted by molar-refractivity contribution is 0.0992. The van der Waals surface area contributed by atoms with E-state index < -0.39 is 0 Å². The van der Waals surface area contributed by atoms with Crippen LogP contribution in [-0.2, 0) is 6.42 Å². The zero-order valence-electron chi connectivity index (χ0n) is 8.86. The summed E-state index contributed by atoms with van der Waals surface area (Å²) in [6.45, 7) is 0. The molecule has 0 aliphatic rings. The molecule has 0 atom stereocenters. The lowest BCUT2D eigenvalue weighted by atomic mass is 10.0. The minimum absolute atomic E-state index is 0.0329. The van der Waals surface area contributed by atoms with Crippen molar-refractivity contribution in [1.82, 2.24) is 4.98 Å². The van der Waals surface area contributed by atoms with Crippen LogP contribution >= 0.6 is 27.5 Å². The molecule has 0 saturated carbocycles. The molecule has 0 saturated heterocycles. The van der Waals surface area contributed by atoms with Gasteiger partial charge in [0.2, 0.25) is 0 Å². The molecule has 4 heteroatoms. The second-order valence-electron chi connectivity index (χ2n) is 3.55. The molecule has 2 rings (SSSR count). The van der Waals surface area contributed by atoms with Crippen LogP contribution in [0.3, 0.4) is 0 Å². The van der Waals surface area contributed by atoms with E-state index in [4.69, 9.17) is 11.6 Å². The predicted molar refractivity (Wildman–Crippen MR) is 71.4 cm³/mol. The lowest BCUT2D eigenvalue weighted by Gasteiger charge is -2.04. The molecule has 1 aromatic heterocycles. The van der Waals surface area contributed by atoms with Gasteiger partial charge in [-0.1, -0.05) is 45.7 Å². The molecule has 0 unspecified atom stereocenters.